The van der Waals surface area contributed by atoms with Crippen LogP contribution in [0, 0.1) is 12.8 Å². The normalized spacial score (nSPS) is 13.0. The Hall–Kier alpha value is -4.17. The number of aliphatic hydroxyl groups excluding tert-OH is 1. The second kappa shape index (κ2) is 14.9. The highest BCUT2D eigenvalue weighted by Gasteiger charge is 2.32. The van der Waals surface area contributed by atoms with Crippen LogP contribution in [0.3, 0.4) is 0 Å². The van der Waals surface area contributed by atoms with E-state index in [1.54, 1.807) is 31.2 Å². The Morgan fingerprint density at radius 3 is 2.28 bits per heavy atom. The summed E-state index contributed by atoms with van der Waals surface area (Å²) in [5.74, 6) is -1.09. The third-order valence-corrected chi connectivity index (χ3v) is 9.88. The van der Waals surface area contributed by atoms with Crippen molar-refractivity contribution < 1.29 is 27.9 Å². The van der Waals surface area contributed by atoms with E-state index in [1.165, 1.54) is 41.6 Å². The van der Waals surface area contributed by atoms with Crippen molar-refractivity contribution >= 4 is 60.1 Å². The highest BCUT2D eigenvalue weighted by Crippen LogP contribution is 2.30. The van der Waals surface area contributed by atoms with Crippen LogP contribution in [0.1, 0.15) is 49.2 Å². The lowest BCUT2D eigenvalue weighted by Crippen LogP contribution is -2.51. The zero-order valence-electron chi connectivity index (χ0n) is 26.4. The SMILES string of the molecule is CC(=O)Nc1ccc(C)c(C(=O)N[C@@H](Cc2ccccc2)[C@H](O)CN(CC(C)C)S(=O)(=O)c2ccc3nc(NC(C)=O)sc3c2)c1. The van der Waals surface area contributed by atoms with E-state index in [4.69, 9.17) is 0 Å². The average Bonchev–Trinajstić information content (AvgIpc) is 3.38. The minimum Gasteiger partial charge on any atom is -0.390 e. The number of hydrogen-bond acceptors (Lipinski definition) is 8. The number of aryl methyl sites for hydroxylation is 1. The van der Waals surface area contributed by atoms with Crippen LogP contribution in [0.25, 0.3) is 10.2 Å². The summed E-state index contributed by atoms with van der Waals surface area (Å²) in [6.07, 6.45) is -1.04. The first-order chi connectivity index (χ1) is 21.7. The van der Waals surface area contributed by atoms with Gasteiger partial charge in [0.15, 0.2) is 5.13 Å². The van der Waals surface area contributed by atoms with Crippen molar-refractivity contribution in [2.24, 2.45) is 5.92 Å². The lowest BCUT2D eigenvalue weighted by Gasteiger charge is -2.31. The van der Waals surface area contributed by atoms with Crippen molar-refractivity contribution in [3.8, 4) is 0 Å². The van der Waals surface area contributed by atoms with Crippen LogP contribution in [0.2, 0.25) is 0 Å². The highest BCUT2D eigenvalue weighted by molar-refractivity contribution is 7.89. The van der Waals surface area contributed by atoms with Gasteiger partial charge in [-0.1, -0.05) is 61.6 Å². The van der Waals surface area contributed by atoms with Crippen LogP contribution < -0.4 is 16.0 Å². The van der Waals surface area contributed by atoms with Gasteiger partial charge in [0.1, 0.15) is 0 Å². The molecule has 0 aliphatic rings. The predicted octanol–water partition coefficient (Wildman–Crippen LogP) is 4.57. The summed E-state index contributed by atoms with van der Waals surface area (Å²) in [5.41, 5.74) is 2.84. The summed E-state index contributed by atoms with van der Waals surface area (Å²) in [7, 11) is -4.10. The van der Waals surface area contributed by atoms with E-state index < -0.39 is 28.1 Å². The van der Waals surface area contributed by atoms with Gasteiger partial charge in [-0.15, -0.1) is 0 Å². The largest absolute Gasteiger partial charge is 0.390 e. The molecule has 11 nitrogen and oxygen atoms in total. The number of benzene rings is 3. The molecule has 244 valence electrons. The molecular formula is C33H39N5O6S2. The van der Waals surface area contributed by atoms with Crippen LogP contribution >= 0.6 is 11.3 Å². The Kier molecular flexibility index (Phi) is 11.3. The smallest absolute Gasteiger partial charge is 0.251 e. The fraction of sp³-hybridized carbons (Fsp3) is 0.333. The molecule has 0 saturated carbocycles. The van der Waals surface area contributed by atoms with Gasteiger partial charge in [0.25, 0.3) is 5.91 Å². The molecule has 0 unspecified atom stereocenters. The number of carbonyl (C=O) groups excluding carboxylic acids is 3. The molecule has 46 heavy (non-hydrogen) atoms. The number of nitrogens with zero attached hydrogens (tertiary/aromatic N) is 2. The molecule has 1 heterocycles. The molecule has 13 heteroatoms. The molecule has 1 aromatic heterocycles. The van der Waals surface area contributed by atoms with Crippen molar-refractivity contribution in [2.75, 3.05) is 23.7 Å². The quantitative estimate of drug-likeness (QED) is 0.163. The second-order valence-electron chi connectivity index (χ2n) is 11.6. The van der Waals surface area contributed by atoms with Gasteiger partial charge in [-0.05, 0) is 60.7 Å². The maximum atomic E-state index is 14.0. The minimum atomic E-state index is -4.10. The Morgan fingerprint density at radius 2 is 1.63 bits per heavy atom. The Balaban J connectivity index is 1.64. The van der Waals surface area contributed by atoms with Crippen molar-refractivity contribution in [1.82, 2.24) is 14.6 Å². The molecule has 3 amide bonds. The molecule has 0 radical (unpaired) electrons. The molecule has 0 spiro atoms. The molecule has 4 aromatic rings. The molecule has 0 aliphatic carbocycles. The number of rotatable bonds is 13. The number of aliphatic hydroxyl groups is 1. The summed E-state index contributed by atoms with van der Waals surface area (Å²) in [5, 5.41) is 20.2. The van der Waals surface area contributed by atoms with Gasteiger partial charge in [-0.2, -0.15) is 4.31 Å². The Labute approximate surface area is 273 Å². The molecule has 0 fully saturated rings. The molecule has 4 rings (SSSR count). The van der Waals surface area contributed by atoms with Crippen LogP contribution in [-0.2, 0) is 26.0 Å². The van der Waals surface area contributed by atoms with Crippen molar-refractivity contribution in [3.05, 3.63) is 83.4 Å². The van der Waals surface area contributed by atoms with Gasteiger partial charge in [0.05, 0.1) is 27.3 Å². The lowest BCUT2D eigenvalue weighted by atomic mass is 9.99. The number of sulfonamides is 1. The maximum Gasteiger partial charge on any atom is 0.251 e. The standard InChI is InChI=1S/C33H39N5O6S2/c1-20(2)18-38(46(43,44)26-13-14-28-31(17-26)45-33(37-28)35-23(5)40)19-30(41)29(15-24-9-7-6-8-10-24)36-32(42)27-16-25(34-22(4)39)12-11-21(27)3/h6-14,16-17,20,29-30,41H,15,18-19H2,1-5H3,(H,34,39)(H,36,42)(H,35,37,40)/t29-,30+/m0/s1. The van der Waals surface area contributed by atoms with Gasteiger partial charge >= 0.3 is 0 Å². The number of hydrogen-bond donors (Lipinski definition) is 4. The van der Waals surface area contributed by atoms with E-state index in [2.05, 4.69) is 20.9 Å². The first-order valence-corrected chi connectivity index (χ1v) is 17.1. The fourth-order valence-electron chi connectivity index (χ4n) is 4.98. The Morgan fingerprint density at radius 1 is 0.935 bits per heavy atom. The van der Waals surface area contributed by atoms with Crippen LogP contribution in [0.5, 0.6) is 0 Å². The number of aromatic nitrogens is 1. The molecule has 0 saturated heterocycles. The zero-order valence-corrected chi connectivity index (χ0v) is 28.0. The third kappa shape index (κ3) is 8.97. The van der Waals surface area contributed by atoms with E-state index in [1.807, 2.05) is 44.2 Å². The first kappa shape index (κ1) is 34.7. The highest BCUT2D eigenvalue weighted by atomic mass is 32.2. The van der Waals surface area contributed by atoms with Gasteiger partial charge in [-0.25, -0.2) is 13.4 Å². The van der Waals surface area contributed by atoms with E-state index in [-0.39, 0.29) is 42.1 Å². The maximum absolute atomic E-state index is 14.0. The van der Waals surface area contributed by atoms with E-state index in [0.29, 0.717) is 32.2 Å². The van der Waals surface area contributed by atoms with Gasteiger partial charge in [-0.3, -0.25) is 14.4 Å². The number of fused-ring (bicyclic) bond motifs is 1. The molecule has 0 aliphatic heterocycles. The molecule has 2 atom stereocenters. The predicted molar refractivity (Wildman–Crippen MR) is 180 cm³/mol. The summed E-state index contributed by atoms with van der Waals surface area (Å²) < 4.78 is 29.9. The summed E-state index contributed by atoms with van der Waals surface area (Å²) in [4.78, 5) is 41.0. The zero-order chi connectivity index (χ0) is 33.6. The fourth-order valence-corrected chi connectivity index (χ4v) is 7.65. The summed E-state index contributed by atoms with van der Waals surface area (Å²) >= 11 is 1.17. The van der Waals surface area contributed by atoms with Crippen LogP contribution in [0.15, 0.2) is 71.6 Å². The topological polar surface area (TPSA) is 158 Å². The van der Waals surface area contributed by atoms with Gasteiger partial charge in [0, 0.05) is 38.2 Å². The summed E-state index contributed by atoms with van der Waals surface area (Å²) in [6.45, 7) is 8.13. The average molecular weight is 666 g/mol. The molecular weight excluding hydrogens is 627 g/mol. The first-order valence-electron chi connectivity index (χ1n) is 14.8. The Bertz CT molecular complexity index is 1820. The lowest BCUT2D eigenvalue weighted by molar-refractivity contribution is -0.115. The number of carbonyl (C=O) groups is 3. The number of amides is 3. The minimum absolute atomic E-state index is 0.0277. The monoisotopic (exact) mass is 665 g/mol. The second-order valence-corrected chi connectivity index (χ2v) is 14.6. The van der Waals surface area contributed by atoms with Gasteiger partial charge < -0.3 is 21.1 Å². The van der Waals surface area contributed by atoms with Crippen LogP contribution in [0.4, 0.5) is 10.8 Å². The van der Waals surface area contributed by atoms with E-state index in [9.17, 15) is 27.9 Å². The summed E-state index contributed by atoms with van der Waals surface area (Å²) in [6, 6.07) is 18.0. The van der Waals surface area contributed by atoms with Gasteiger partial charge in [0.2, 0.25) is 21.8 Å². The molecule has 4 N–H and O–H groups in total. The third-order valence-electron chi connectivity index (χ3n) is 7.12. The van der Waals surface area contributed by atoms with E-state index >= 15 is 0 Å². The van der Waals surface area contributed by atoms with Crippen LogP contribution in [-0.4, -0.2) is 65.8 Å². The molecule has 0 bridgehead atoms. The number of nitrogens with one attached hydrogen (secondary N) is 3. The van der Waals surface area contributed by atoms with E-state index in [0.717, 1.165) is 5.56 Å². The van der Waals surface area contributed by atoms with Crippen molar-refractivity contribution in [1.29, 1.82) is 0 Å². The van der Waals surface area contributed by atoms with Crippen molar-refractivity contribution in [3.63, 3.8) is 0 Å². The number of anilines is 2. The van der Waals surface area contributed by atoms with Crippen molar-refractivity contribution in [2.45, 2.75) is 58.1 Å². The number of thiazole rings is 1. The molecule has 3 aromatic carbocycles.